The SMILES string of the molecule is O=CC(=O)CCc1ccc2[nH]cc(-c3ccn(Cc4ccccc4)c3)c2c1. The molecular weight excluding hydrogens is 336 g/mol. The first kappa shape index (κ1) is 17.0. The summed E-state index contributed by atoms with van der Waals surface area (Å²) in [5.41, 5.74) is 5.67. The van der Waals surface area contributed by atoms with Crippen LogP contribution in [0.15, 0.2) is 73.2 Å². The molecule has 4 aromatic rings. The minimum Gasteiger partial charge on any atom is -0.361 e. The van der Waals surface area contributed by atoms with Crippen molar-refractivity contribution in [1.29, 1.82) is 0 Å². The molecule has 2 aromatic heterocycles. The van der Waals surface area contributed by atoms with Crippen molar-refractivity contribution in [2.75, 3.05) is 0 Å². The number of carbonyl (C=O) groups is 2. The van der Waals surface area contributed by atoms with Crippen LogP contribution >= 0.6 is 0 Å². The number of hydrogen-bond acceptors (Lipinski definition) is 2. The van der Waals surface area contributed by atoms with Crippen molar-refractivity contribution in [3.05, 3.63) is 84.3 Å². The Kier molecular flexibility index (Phi) is 4.71. The third-order valence-corrected chi connectivity index (χ3v) is 4.81. The number of aryl methyl sites for hydroxylation is 1. The fourth-order valence-corrected chi connectivity index (χ4v) is 3.38. The molecule has 0 spiro atoms. The van der Waals surface area contributed by atoms with E-state index >= 15 is 0 Å². The van der Waals surface area contributed by atoms with Crippen molar-refractivity contribution < 1.29 is 9.59 Å². The van der Waals surface area contributed by atoms with Gasteiger partial charge in [0.05, 0.1) is 0 Å². The molecule has 4 rings (SSSR count). The van der Waals surface area contributed by atoms with Gasteiger partial charge in [-0.2, -0.15) is 0 Å². The summed E-state index contributed by atoms with van der Waals surface area (Å²) < 4.78 is 2.18. The van der Waals surface area contributed by atoms with Crippen LogP contribution in [-0.4, -0.2) is 21.6 Å². The lowest BCUT2D eigenvalue weighted by Gasteiger charge is -2.03. The van der Waals surface area contributed by atoms with Crippen molar-refractivity contribution in [3.8, 4) is 11.1 Å². The average Bonchev–Trinajstić information content (AvgIpc) is 3.33. The normalized spacial score (nSPS) is 11.0. The fraction of sp³-hybridized carbons (Fsp3) is 0.130. The number of aromatic amines is 1. The number of H-pyrrole nitrogens is 1. The van der Waals surface area contributed by atoms with E-state index in [0.29, 0.717) is 12.7 Å². The van der Waals surface area contributed by atoms with Crippen molar-refractivity contribution in [2.24, 2.45) is 0 Å². The van der Waals surface area contributed by atoms with Crippen molar-refractivity contribution in [3.63, 3.8) is 0 Å². The van der Waals surface area contributed by atoms with Crippen molar-refractivity contribution in [1.82, 2.24) is 9.55 Å². The van der Waals surface area contributed by atoms with Crippen LogP contribution in [0.2, 0.25) is 0 Å². The summed E-state index contributed by atoms with van der Waals surface area (Å²) in [7, 11) is 0. The minimum absolute atomic E-state index is 0.252. The molecule has 4 nitrogen and oxygen atoms in total. The Morgan fingerprint density at radius 2 is 1.89 bits per heavy atom. The number of Topliss-reactive ketones (excluding diaryl/α,β-unsaturated/α-hetero) is 1. The Balaban J connectivity index is 1.60. The van der Waals surface area contributed by atoms with Gasteiger partial charge in [-0.1, -0.05) is 36.4 Å². The maximum absolute atomic E-state index is 11.3. The van der Waals surface area contributed by atoms with Crippen LogP contribution in [0.3, 0.4) is 0 Å². The summed E-state index contributed by atoms with van der Waals surface area (Å²) in [6.45, 7) is 0.836. The molecule has 0 amide bonds. The number of ketones is 1. The molecule has 1 N–H and O–H groups in total. The highest BCUT2D eigenvalue weighted by Crippen LogP contribution is 2.30. The molecule has 0 aliphatic carbocycles. The molecule has 0 aliphatic heterocycles. The predicted octanol–water partition coefficient (Wildman–Crippen LogP) is 4.39. The number of aromatic nitrogens is 2. The smallest absolute Gasteiger partial charge is 0.195 e. The first-order valence-corrected chi connectivity index (χ1v) is 9.01. The van der Waals surface area contributed by atoms with Crippen LogP contribution in [0.5, 0.6) is 0 Å². The van der Waals surface area contributed by atoms with Gasteiger partial charge in [-0.3, -0.25) is 9.59 Å². The number of nitrogens with one attached hydrogen (secondary N) is 1. The van der Waals surface area contributed by atoms with Gasteiger partial charge in [0.25, 0.3) is 0 Å². The summed E-state index contributed by atoms with van der Waals surface area (Å²) >= 11 is 0. The number of benzene rings is 2. The van der Waals surface area contributed by atoms with E-state index < -0.39 is 0 Å². The third kappa shape index (κ3) is 3.75. The summed E-state index contributed by atoms with van der Waals surface area (Å²) in [5.74, 6) is -0.359. The number of aldehydes is 1. The second-order valence-corrected chi connectivity index (χ2v) is 6.72. The lowest BCUT2D eigenvalue weighted by molar-refractivity contribution is -0.129. The zero-order valence-electron chi connectivity index (χ0n) is 14.9. The second-order valence-electron chi connectivity index (χ2n) is 6.72. The first-order chi connectivity index (χ1) is 13.2. The van der Waals surface area contributed by atoms with Gasteiger partial charge in [0.15, 0.2) is 12.1 Å². The highest BCUT2D eigenvalue weighted by atomic mass is 16.2. The van der Waals surface area contributed by atoms with Crippen LogP contribution in [0.1, 0.15) is 17.5 Å². The summed E-state index contributed by atoms with van der Waals surface area (Å²) in [6.07, 6.45) is 7.49. The maximum Gasteiger partial charge on any atom is 0.195 e. The molecule has 2 heterocycles. The second kappa shape index (κ2) is 7.46. The van der Waals surface area contributed by atoms with Crippen LogP contribution in [0.25, 0.3) is 22.0 Å². The molecule has 4 heteroatoms. The van der Waals surface area contributed by atoms with E-state index in [-0.39, 0.29) is 12.2 Å². The number of carbonyl (C=O) groups excluding carboxylic acids is 2. The largest absolute Gasteiger partial charge is 0.361 e. The molecule has 0 saturated carbocycles. The Hall–Kier alpha value is -3.40. The van der Waals surface area contributed by atoms with Gasteiger partial charge in [0.1, 0.15) is 0 Å². The van der Waals surface area contributed by atoms with E-state index in [0.717, 1.165) is 34.1 Å². The fourth-order valence-electron chi connectivity index (χ4n) is 3.38. The Bertz CT molecular complexity index is 1090. The highest BCUT2D eigenvalue weighted by Gasteiger charge is 2.09. The lowest BCUT2D eigenvalue weighted by Crippen LogP contribution is -2.00. The van der Waals surface area contributed by atoms with Crippen molar-refractivity contribution >= 4 is 23.0 Å². The summed E-state index contributed by atoms with van der Waals surface area (Å²) in [4.78, 5) is 25.1. The standard InChI is InChI=1S/C23H20N2O2/c26-16-20(27)8-6-17-7-9-23-21(12-17)22(13-24-23)19-10-11-25(15-19)14-18-4-2-1-3-5-18/h1-5,7,9-13,15-16,24H,6,8,14H2. The molecule has 0 bridgehead atoms. The van der Waals surface area contributed by atoms with Gasteiger partial charge in [0, 0.05) is 53.6 Å². The third-order valence-electron chi connectivity index (χ3n) is 4.81. The monoisotopic (exact) mass is 356 g/mol. The van der Waals surface area contributed by atoms with E-state index in [1.54, 1.807) is 0 Å². The molecule has 0 fully saturated rings. The molecular formula is C23H20N2O2. The van der Waals surface area contributed by atoms with Crippen LogP contribution in [0.4, 0.5) is 0 Å². The Morgan fingerprint density at radius 3 is 2.70 bits per heavy atom. The minimum atomic E-state index is -0.359. The molecule has 0 radical (unpaired) electrons. The van der Waals surface area contributed by atoms with Gasteiger partial charge < -0.3 is 9.55 Å². The summed E-state index contributed by atoms with van der Waals surface area (Å²) in [6, 6.07) is 18.6. The molecule has 27 heavy (non-hydrogen) atoms. The Labute approximate surface area is 157 Å². The number of nitrogens with zero attached hydrogens (tertiary/aromatic N) is 1. The first-order valence-electron chi connectivity index (χ1n) is 9.01. The Morgan fingerprint density at radius 1 is 1.04 bits per heavy atom. The molecule has 0 atom stereocenters. The molecule has 0 aliphatic rings. The van der Waals surface area contributed by atoms with E-state index in [2.05, 4.69) is 58.3 Å². The van der Waals surface area contributed by atoms with Gasteiger partial charge in [-0.15, -0.1) is 0 Å². The van der Waals surface area contributed by atoms with Gasteiger partial charge in [0.2, 0.25) is 0 Å². The molecule has 134 valence electrons. The summed E-state index contributed by atoms with van der Waals surface area (Å²) in [5, 5.41) is 1.13. The zero-order chi connectivity index (χ0) is 18.6. The van der Waals surface area contributed by atoms with Crippen LogP contribution < -0.4 is 0 Å². The highest BCUT2D eigenvalue weighted by molar-refractivity contribution is 6.24. The van der Waals surface area contributed by atoms with Crippen LogP contribution in [-0.2, 0) is 22.6 Å². The number of hydrogen-bond donors (Lipinski definition) is 1. The van der Waals surface area contributed by atoms with E-state index in [1.165, 1.54) is 5.56 Å². The maximum atomic E-state index is 11.3. The van der Waals surface area contributed by atoms with Gasteiger partial charge >= 0.3 is 0 Å². The van der Waals surface area contributed by atoms with Gasteiger partial charge in [-0.25, -0.2) is 0 Å². The zero-order valence-corrected chi connectivity index (χ0v) is 14.9. The molecule has 0 saturated heterocycles. The van der Waals surface area contributed by atoms with E-state index in [4.69, 9.17) is 0 Å². The van der Waals surface area contributed by atoms with E-state index in [9.17, 15) is 9.59 Å². The number of rotatable bonds is 7. The lowest BCUT2D eigenvalue weighted by atomic mass is 10.0. The van der Waals surface area contributed by atoms with Gasteiger partial charge in [-0.05, 0) is 35.7 Å². The van der Waals surface area contributed by atoms with Crippen LogP contribution in [0, 0.1) is 0 Å². The van der Waals surface area contributed by atoms with Crippen molar-refractivity contribution in [2.45, 2.75) is 19.4 Å². The average molecular weight is 356 g/mol. The topological polar surface area (TPSA) is 54.9 Å². The molecule has 0 unspecified atom stereocenters. The number of fused-ring (bicyclic) bond motifs is 1. The predicted molar refractivity (Wildman–Crippen MR) is 107 cm³/mol. The molecule has 2 aromatic carbocycles. The van der Waals surface area contributed by atoms with E-state index in [1.807, 2.05) is 24.4 Å². The quantitative estimate of drug-likeness (QED) is 0.394.